The lowest BCUT2D eigenvalue weighted by Gasteiger charge is -2.51. The van der Waals surface area contributed by atoms with E-state index in [0.29, 0.717) is 24.2 Å². The van der Waals surface area contributed by atoms with Gasteiger partial charge in [0.1, 0.15) is 5.82 Å². The Morgan fingerprint density at radius 3 is 2.52 bits per heavy atom. The fourth-order valence-electron chi connectivity index (χ4n) is 4.54. The third-order valence-electron chi connectivity index (χ3n) is 6.20. The zero-order valence-electron chi connectivity index (χ0n) is 16.2. The summed E-state index contributed by atoms with van der Waals surface area (Å²) in [4.78, 5) is 49.2. The molecular weight excluding hydrogens is 379 g/mol. The maximum atomic E-state index is 13.8. The van der Waals surface area contributed by atoms with E-state index in [1.807, 2.05) is 0 Å². The van der Waals surface area contributed by atoms with Gasteiger partial charge in [-0.3, -0.25) is 19.2 Å². The van der Waals surface area contributed by atoms with Crippen molar-refractivity contribution in [1.82, 2.24) is 10.2 Å². The number of carbonyl (C=O) groups is 4. The number of nitrogens with zero attached hydrogens (tertiary/aromatic N) is 1. The molecule has 4 amide bonds. The van der Waals surface area contributed by atoms with Crippen LogP contribution in [0, 0.1) is 24.1 Å². The molecule has 1 aromatic carbocycles. The summed E-state index contributed by atoms with van der Waals surface area (Å²) in [5.41, 5.74) is 10.7. The Morgan fingerprint density at radius 1 is 1.24 bits per heavy atom. The van der Waals surface area contributed by atoms with Crippen LogP contribution in [0.25, 0.3) is 0 Å². The van der Waals surface area contributed by atoms with Gasteiger partial charge in [-0.2, -0.15) is 0 Å². The number of likely N-dealkylation sites (tertiary alicyclic amines) is 1. The van der Waals surface area contributed by atoms with Gasteiger partial charge in [0, 0.05) is 30.5 Å². The zero-order chi connectivity index (χ0) is 21.3. The first-order chi connectivity index (χ1) is 13.6. The van der Waals surface area contributed by atoms with Crippen molar-refractivity contribution >= 4 is 23.6 Å². The van der Waals surface area contributed by atoms with Gasteiger partial charge < -0.3 is 21.7 Å². The molecule has 5 N–H and O–H groups in total. The Morgan fingerprint density at radius 2 is 1.90 bits per heavy atom. The molecule has 1 saturated heterocycles. The Hall–Kier alpha value is -2.97. The molecule has 1 atom stereocenters. The van der Waals surface area contributed by atoms with Crippen LogP contribution in [0.15, 0.2) is 18.2 Å². The van der Waals surface area contributed by atoms with E-state index >= 15 is 0 Å². The number of benzene rings is 1. The number of nitrogens with one attached hydrogen (secondary N) is 1. The molecule has 1 aromatic rings. The average Bonchev–Trinajstić information content (AvgIpc) is 3.03. The molecule has 8 nitrogen and oxygen atoms in total. The Kier molecular flexibility index (Phi) is 5.59. The van der Waals surface area contributed by atoms with Crippen LogP contribution in [-0.2, 0) is 14.4 Å². The Balaban J connectivity index is 1.62. The van der Waals surface area contributed by atoms with Crippen LogP contribution >= 0.6 is 0 Å². The topological polar surface area (TPSA) is 136 Å². The maximum absolute atomic E-state index is 13.8. The van der Waals surface area contributed by atoms with Crippen LogP contribution in [0.5, 0.6) is 0 Å². The number of halogens is 1. The van der Waals surface area contributed by atoms with Crippen molar-refractivity contribution in [2.24, 2.45) is 22.8 Å². The van der Waals surface area contributed by atoms with E-state index in [-0.39, 0.29) is 23.7 Å². The highest BCUT2D eigenvalue weighted by Crippen LogP contribution is 2.51. The van der Waals surface area contributed by atoms with Crippen molar-refractivity contribution in [3.05, 3.63) is 35.1 Å². The largest absolute Gasteiger partial charge is 0.367 e. The lowest BCUT2D eigenvalue weighted by Crippen LogP contribution is -2.60. The molecule has 1 spiro atoms. The molecule has 0 bridgehead atoms. The molecule has 1 heterocycles. The molecule has 156 valence electrons. The van der Waals surface area contributed by atoms with Gasteiger partial charge in [0.05, 0.1) is 0 Å². The van der Waals surface area contributed by atoms with Crippen LogP contribution in [0.1, 0.15) is 41.6 Å². The predicted octanol–water partition coefficient (Wildman–Crippen LogP) is 0.222. The zero-order valence-corrected chi connectivity index (χ0v) is 16.2. The summed E-state index contributed by atoms with van der Waals surface area (Å²) < 4.78 is 13.8. The monoisotopic (exact) mass is 404 g/mol. The highest BCUT2D eigenvalue weighted by Gasteiger charge is 2.53. The van der Waals surface area contributed by atoms with Crippen LogP contribution < -0.4 is 16.8 Å². The first-order valence-corrected chi connectivity index (χ1v) is 9.57. The van der Waals surface area contributed by atoms with Crippen LogP contribution in [-0.4, -0.2) is 47.7 Å². The minimum absolute atomic E-state index is 0.0153. The molecule has 2 aliphatic rings. The molecular formula is C20H25FN4O4. The molecule has 1 aliphatic heterocycles. The summed E-state index contributed by atoms with van der Waals surface area (Å²) in [6, 6.07) is 2.91. The van der Waals surface area contributed by atoms with Gasteiger partial charge in [-0.1, -0.05) is 12.5 Å². The minimum Gasteiger partial charge on any atom is -0.367 e. The third kappa shape index (κ3) is 3.94. The van der Waals surface area contributed by atoms with Crippen molar-refractivity contribution in [1.29, 1.82) is 0 Å². The molecule has 0 radical (unpaired) electrons. The molecule has 0 aromatic heterocycles. The van der Waals surface area contributed by atoms with Gasteiger partial charge in [0.25, 0.3) is 5.91 Å². The van der Waals surface area contributed by atoms with Crippen LogP contribution in [0.4, 0.5) is 4.39 Å². The number of rotatable bonds is 6. The van der Waals surface area contributed by atoms with Gasteiger partial charge in [0.15, 0.2) is 6.04 Å². The molecule has 2 fully saturated rings. The fourth-order valence-corrected chi connectivity index (χ4v) is 4.54. The summed E-state index contributed by atoms with van der Waals surface area (Å²) in [5, 5.41) is 2.29. The second-order valence-corrected chi connectivity index (χ2v) is 8.03. The van der Waals surface area contributed by atoms with E-state index in [0.717, 1.165) is 19.3 Å². The molecule has 29 heavy (non-hydrogen) atoms. The summed E-state index contributed by atoms with van der Waals surface area (Å²) in [6.07, 6.45) is 2.74. The lowest BCUT2D eigenvalue weighted by molar-refractivity contribution is -0.135. The number of nitrogens with two attached hydrogens (primary N) is 2. The summed E-state index contributed by atoms with van der Waals surface area (Å²) in [6.45, 7) is 2.57. The lowest BCUT2D eigenvalue weighted by atomic mass is 9.69. The van der Waals surface area contributed by atoms with E-state index in [1.54, 1.807) is 17.9 Å². The number of primary amides is 2. The molecule has 1 unspecified atom stereocenters. The second kappa shape index (κ2) is 7.81. The van der Waals surface area contributed by atoms with Crippen LogP contribution in [0.2, 0.25) is 0 Å². The summed E-state index contributed by atoms with van der Waals surface area (Å²) in [5.74, 6) is -3.09. The standard InChI is InChI=1S/C20H25FN4O4/c1-11-13(5-2-6-14(11)21)19(29)25-9-20(10-25)7-3-4-12(20)8-15(26)24-16(17(22)27)18(23)28/h2,5-6,12,16H,3-4,7-10H2,1H3,(H2,22,27)(H2,23,28)(H,24,26). The van der Waals surface area contributed by atoms with E-state index < -0.39 is 29.6 Å². The molecule has 1 aliphatic carbocycles. The number of carbonyl (C=O) groups excluding carboxylic acids is 4. The normalized spacial score (nSPS) is 19.8. The highest BCUT2D eigenvalue weighted by molar-refractivity contribution is 6.05. The molecule has 1 saturated carbocycles. The van der Waals surface area contributed by atoms with Crippen molar-refractivity contribution in [2.75, 3.05) is 13.1 Å². The molecule has 3 rings (SSSR count). The van der Waals surface area contributed by atoms with Gasteiger partial charge in [-0.05, 0) is 43.4 Å². The van der Waals surface area contributed by atoms with Crippen molar-refractivity contribution in [3.8, 4) is 0 Å². The van der Waals surface area contributed by atoms with Gasteiger partial charge in [-0.15, -0.1) is 0 Å². The first kappa shape index (κ1) is 20.8. The minimum atomic E-state index is -1.53. The number of hydrogen-bond donors (Lipinski definition) is 3. The van der Waals surface area contributed by atoms with Crippen LogP contribution in [0.3, 0.4) is 0 Å². The van der Waals surface area contributed by atoms with Crippen molar-refractivity contribution < 1.29 is 23.6 Å². The van der Waals surface area contributed by atoms with Crippen molar-refractivity contribution in [2.45, 2.75) is 38.6 Å². The smallest absolute Gasteiger partial charge is 0.254 e. The van der Waals surface area contributed by atoms with Gasteiger partial charge in [-0.25, -0.2) is 4.39 Å². The van der Waals surface area contributed by atoms with E-state index in [4.69, 9.17) is 11.5 Å². The quantitative estimate of drug-likeness (QED) is 0.585. The number of hydrogen-bond acceptors (Lipinski definition) is 4. The Labute approximate surface area is 167 Å². The van der Waals surface area contributed by atoms with Gasteiger partial charge >= 0.3 is 0 Å². The fraction of sp³-hybridized carbons (Fsp3) is 0.500. The summed E-state index contributed by atoms with van der Waals surface area (Å²) in [7, 11) is 0. The summed E-state index contributed by atoms with van der Waals surface area (Å²) >= 11 is 0. The SMILES string of the molecule is Cc1c(F)cccc1C(=O)N1CC2(CCCC2CC(=O)NC(C(N)=O)C(N)=O)C1. The van der Waals surface area contributed by atoms with E-state index in [9.17, 15) is 23.6 Å². The molecule has 9 heteroatoms. The van der Waals surface area contributed by atoms with Crippen molar-refractivity contribution in [3.63, 3.8) is 0 Å². The second-order valence-electron chi connectivity index (χ2n) is 8.03. The predicted molar refractivity (Wildman–Crippen MR) is 102 cm³/mol. The first-order valence-electron chi connectivity index (χ1n) is 9.57. The average molecular weight is 404 g/mol. The van der Waals surface area contributed by atoms with E-state index in [2.05, 4.69) is 5.32 Å². The Bertz CT molecular complexity index is 852. The van der Waals surface area contributed by atoms with E-state index in [1.165, 1.54) is 12.1 Å². The highest BCUT2D eigenvalue weighted by atomic mass is 19.1. The number of amides is 4. The maximum Gasteiger partial charge on any atom is 0.254 e. The third-order valence-corrected chi connectivity index (χ3v) is 6.20. The van der Waals surface area contributed by atoms with Gasteiger partial charge in [0.2, 0.25) is 17.7 Å².